The first-order chi connectivity index (χ1) is 19.6. The van der Waals surface area contributed by atoms with Crippen molar-refractivity contribution in [3.05, 3.63) is 101 Å². The Kier molecular flexibility index (Phi) is 9.27. The van der Waals surface area contributed by atoms with E-state index in [4.69, 9.17) is 4.43 Å². The highest BCUT2D eigenvalue weighted by molar-refractivity contribution is 6.74. The number of nitrogens with zero attached hydrogens (tertiary/aromatic N) is 3. The van der Waals surface area contributed by atoms with E-state index in [0.717, 1.165) is 47.7 Å². The van der Waals surface area contributed by atoms with Gasteiger partial charge in [-0.1, -0.05) is 63.2 Å². The molecule has 8 heteroatoms. The van der Waals surface area contributed by atoms with Crippen LogP contribution in [0.25, 0.3) is 0 Å². The van der Waals surface area contributed by atoms with E-state index < -0.39 is 20.1 Å². The highest BCUT2D eigenvalue weighted by Gasteiger charge is 2.40. The van der Waals surface area contributed by atoms with Crippen LogP contribution in [0.3, 0.4) is 0 Å². The molecule has 0 aliphatic carbocycles. The molecule has 1 aliphatic heterocycles. The van der Waals surface area contributed by atoms with Crippen LogP contribution in [0.2, 0.25) is 18.1 Å². The topological polar surface area (TPSA) is 39.5 Å². The fourth-order valence-electron chi connectivity index (χ4n) is 5.42. The Balaban J connectivity index is 1.64. The number of halogens is 3. The Morgan fingerprint density at radius 2 is 1.60 bits per heavy atom. The second-order valence-corrected chi connectivity index (χ2v) is 17.8. The van der Waals surface area contributed by atoms with Crippen LogP contribution in [0.15, 0.2) is 72.8 Å². The summed E-state index contributed by atoms with van der Waals surface area (Å²) in [6.07, 6.45) is -4.34. The molecule has 3 aromatic carbocycles. The maximum atomic E-state index is 13.1. The van der Waals surface area contributed by atoms with Crippen LogP contribution in [-0.2, 0) is 12.7 Å². The molecule has 3 atom stereocenters. The molecule has 0 amide bonds. The Morgan fingerprint density at radius 1 is 0.929 bits per heavy atom. The van der Waals surface area contributed by atoms with Gasteiger partial charge in [0.1, 0.15) is 5.75 Å². The molecule has 4 nitrogen and oxygen atoms in total. The zero-order valence-corrected chi connectivity index (χ0v) is 26.7. The number of piperazine rings is 1. The van der Waals surface area contributed by atoms with Crippen molar-refractivity contribution in [1.82, 2.24) is 9.80 Å². The van der Waals surface area contributed by atoms with Crippen molar-refractivity contribution in [3.63, 3.8) is 0 Å². The van der Waals surface area contributed by atoms with Crippen LogP contribution in [-0.4, -0.2) is 43.3 Å². The van der Waals surface area contributed by atoms with Crippen LogP contribution in [0.1, 0.15) is 68.5 Å². The molecule has 0 aromatic heterocycles. The molecule has 1 aliphatic rings. The fourth-order valence-corrected chi connectivity index (χ4v) is 6.44. The first-order valence-electron chi connectivity index (χ1n) is 14.5. The third-order valence-electron chi connectivity index (χ3n) is 8.89. The van der Waals surface area contributed by atoms with E-state index >= 15 is 0 Å². The largest absolute Gasteiger partial charge is 0.543 e. The van der Waals surface area contributed by atoms with Gasteiger partial charge in [0, 0.05) is 31.7 Å². The molecule has 0 spiro atoms. The Labute approximate surface area is 249 Å². The predicted molar refractivity (Wildman–Crippen MR) is 165 cm³/mol. The summed E-state index contributed by atoms with van der Waals surface area (Å²) in [7, 11) is -2.06. The molecule has 3 aromatic rings. The molecule has 224 valence electrons. The monoisotopic (exact) mass is 593 g/mol. The van der Waals surface area contributed by atoms with Gasteiger partial charge in [-0.05, 0) is 79.0 Å². The SMILES string of the molecule is C[C@@H]1CN([C@H](c2cccc(O[Si](C)(C)C(C)(C)C)c2)c2ccccc2C#N)[C@@H](C)CN1Cc1ccc(C(F)(F)F)cc1. The summed E-state index contributed by atoms with van der Waals surface area (Å²) < 4.78 is 45.9. The Hall–Kier alpha value is -3.12. The lowest BCUT2D eigenvalue weighted by atomic mass is 9.90. The third kappa shape index (κ3) is 7.08. The van der Waals surface area contributed by atoms with Crippen LogP contribution >= 0.6 is 0 Å². The lowest BCUT2D eigenvalue weighted by molar-refractivity contribution is -0.137. The second kappa shape index (κ2) is 12.2. The molecule has 0 unspecified atom stereocenters. The lowest BCUT2D eigenvalue weighted by Crippen LogP contribution is -2.56. The van der Waals surface area contributed by atoms with Gasteiger partial charge in [-0.3, -0.25) is 9.80 Å². The lowest BCUT2D eigenvalue weighted by Gasteiger charge is -2.48. The Morgan fingerprint density at radius 3 is 2.21 bits per heavy atom. The van der Waals surface area contributed by atoms with E-state index in [1.54, 1.807) is 12.1 Å². The quantitative estimate of drug-likeness (QED) is 0.257. The smallest absolute Gasteiger partial charge is 0.416 e. The average molecular weight is 594 g/mol. The molecule has 0 bridgehead atoms. The van der Waals surface area contributed by atoms with Gasteiger partial charge in [0.2, 0.25) is 8.32 Å². The summed E-state index contributed by atoms with van der Waals surface area (Å²) in [6.45, 7) is 17.5. The van der Waals surface area contributed by atoms with E-state index in [9.17, 15) is 18.4 Å². The van der Waals surface area contributed by atoms with E-state index in [0.29, 0.717) is 12.1 Å². The Bertz CT molecular complexity index is 1410. The minimum atomic E-state index is -4.34. The van der Waals surface area contributed by atoms with Crippen molar-refractivity contribution >= 4 is 8.32 Å². The summed E-state index contributed by atoms with van der Waals surface area (Å²) in [5.41, 5.74) is 2.91. The number of benzene rings is 3. The van der Waals surface area contributed by atoms with Crippen LogP contribution in [0, 0.1) is 11.3 Å². The molecule has 1 fully saturated rings. The third-order valence-corrected chi connectivity index (χ3v) is 13.2. The van der Waals surface area contributed by atoms with Crippen LogP contribution < -0.4 is 4.43 Å². The van der Waals surface area contributed by atoms with Crippen LogP contribution in [0.5, 0.6) is 5.75 Å². The maximum Gasteiger partial charge on any atom is 0.416 e. The first-order valence-corrected chi connectivity index (χ1v) is 17.5. The van der Waals surface area contributed by atoms with Crippen molar-refractivity contribution in [3.8, 4) is 11.8 Å². The van der Waals surface area contributed by atoms with E-state index in [1.807, 2.05) is 36.4 Å². The number of rotatable bonds is 7. The van der Waals surface area contributed by atoms with Gasteiger partial charge in [-0.2, -0.15) is 18.4 Å². The first kappa shape index (κ1) is 31.8. The zero-order valence-electron chi connectivity index (χ0n) is 25.7. The molecule has 1 heterocycles. The summed E-state index contributed by atoms with van der Waals surface area (Å²) in [4.78, 5) is 4.78. The highest BCUT2D eigenvalue weighted by atomic mass is 28.4. The molecule has 0 N–H and O–H groups in total. The molecule has 1 saturated heterocycles. The summed E-state index contributed by atoms with van der Waals surface area (Å²) in [5, 5.41) is 10.1. The normalized spacial score (nSPS) is 19.7. The standard InChI is InChI=1S/C34H42F3N3OSi/c1-24-22-40(25(2)21-39(24)23-26-15-17-29(18-16-26)34(35,36)37)32(31-14-9-8-11-28(31)20-38)27-12-10-13-30(19-27)41-42(6,7)33(3,4)5/h8-19,24-25,32H,21-23H2,1-7H3/t24-,25+,32-/m1/s1. The molecule has 0 saturated carbocycles. The van der Waals surface area contributed by atoms with Gasteiger partial charge in [-0.25, -0.2) is 0 Å². The molecule has 0 radical (unpaired) electrons. The number of alkyl halides is 3. The molecule has 42 heavy (non-hydrogen) atoms. The van der Waals surface area contributed by atoms with E-state index in [2.05, 4.69) is 75.7 Å². The molecule has 4 rings (SSSR count). The summed E-state index contributed by atoms with van der Waals surface area (Å²) in [5.74, 6) is 0.847. The van der Waals surface area contributed by atoms with Crippen LogP contribution in [0.4, 0.5) is 13.2 Å². The molecular formula is C34H42F3N3OSi. The zero-order chi connectivity index (χ0) is 30.9. The van der Waals surface area contributed by atoms with Gasteiger partial charge < -0.3 is 4.43 Å². The number of nitriles is 1. The van der Waals surface area contributed by atoms with Crippen molar-refractivity contribution in [2.75, 3.05) is 13.1 Å². The van der Waals surface area contributed by atoms with E-state index in [1.165, 1.54) is 0 Å². The summed E-state index contributed by atoms with van der Waals surface area (Å²) >= 11 is 0. The van der Waals surface area contributed by atoms with E-state index in [-0.39, 0.29) is 23.2 Å². The number of hydrogen-bond acceptors (Lipinski definition) is 4. The predicted octanol–water partition coefficient (Wildman–Crippen LogP) is 8.65. The highest BCUT2D eigenvalue weighted by Crippen LogP contribution is 2.40. The fraction of sp³-hybridized carbons (Fsp3) is 0.441. The van der Waals surface area contributed by atoms with Crippen molar-refractivity contribution in [2.45, 2.75) is 83.6 Å². The maximum absolute atomic E-state index is 13.1. The molecular weight excluding hydrogens is 551 g/mol. The number of hydrogen-bond donors (Lipinski definition) is 0. The average Bonchev–Trinajstić information content (AvgIpc) is 2.91. The minimum Gasteiger partial charge on any atom is -0.543 e. The minimum absolute atomic E-state index is 0.0587. The second-order valence-electron chi connectivity index (χ2n) is 13.1. The van der Waals surface area contributed by atoms with Crippen molar-refractivity contribution in [2.24, 2.45) is 0 Å². The van der Waals surface area contributed by atoms with Gasteiger partial charge >= 0.3 is 6.18 Å². The van der Waals surface area contributed by atoms with Crippen molar-refractivity contribution in [1.29, 1.82) is 5.26 Å². The van der Waals surface area contributed by atoms with Gasteiger partial charge in [0.15, 0.2) is 0 Å². The van der Waals surface area contributed by atoms with Crippen molar-refractivity contribution < 1.29 is 17.6 Å². The van der Waals surface area contributed by atoms with Gasteiger partial charge in [0.25, 0.3) is 0 Å². The summed E-state index contributed by atoms with van der Waals surface area (Å²) in [6, 6.07) is 24.1. The van der Waals surface area contributed by atoms with Gasteiger partial charge in [0.05, 0.1) is 23.2 Å². The van der Waals surface area contributed by atoms with Gasteiger partial charge in [-0.15, -0.1) is 0 Å².